The lowest BCUT2D eigenvalue weighted by Gasteiger charge is -2.18. The van der Waals surface area contributed by atoms with Gasteiger partial charge < -0.3 is 5.32 Å². The zero-order chi connectivity index (χ0) is 13.2. The molecule has 1 fully saturated rings. The monoisotopic (exact) mass is 277 g/mol. The maximum Gasteiger partial charge on any atom is 0.255 e. The summed E-state index contributed by atoms with van der Waals surface area (Å²) in [4.78, 5) is 12.3. The first kappa shape index (κ1) is 12.5. The highest BCUT2D eigenvalue weighted by Gasteiger charge is 2.28. The van der Waals surface area contributed by atoms with E-state index in [2.05, 4.69) is 10.4 Å². The van der Waals surface area contributed by atoms with Gasteiger partial charge in [-0.1, -0.05) is 12.5 Å². The van der Waals surface area contributed by atoms with Crippen molar-refractivity contribution in [2.75, 3.05) is 5.88 Å². The second kappa shape index (κ2) is 5.21. The smallest absolute Gasteiger partial charge is 0.255 e. The van der Waals surface area contributed by atoms with Crippen molar-refractivity contribution in [3.63, 3.8) is 0 Å². The highest BCUT2D eigenvalue weighted by Crippen LogP contribution is 2.27. The first-order chi connectivity index (χ1) is 9.29. The minimum atomic E-state index is -0.0526. The number of nitrogens with zero attached hydrogens (tertiary/aromatic N) is 2. The molecule has 0 aromatic carbocycles. The van der Waals surface area contributed by atoms with Crippen molar-refractivity contribution in [3.05, 3.63) is 36.2 Å². The summed E-state index contributed by atoms with van der Waals surface area (Å²) in [6, 6.07) is 5.89. The molecule has 2 aromatic rings. The number of rotatable bonds is 3. The summed E-state index contributed by atoms with van der Waals surface area (Å²) >= 11 is 5.94. The number of carbonyl (C=O) groups excluding carboxylic acids is 1. The normalized spacial score (nSPS) is 22.8. The Morgan fingerprint density at radius 2 is 2.37 bits per heavy atom. The fraction of sp³-hybridized carbons (Fsp3) is 0.429. The molecule has 2 aromatic heterocycles. The molecule has 0 spiro atoms. The van der Waals surface area contributed by atoms with Gasteiger partial charge in [-0.05, 0) is 30.9 Å². The number of alkyl halides is 1. The minimum Gasteiger partial charge on any atom is -0.349 e. The fourth-order valence-corrected chi connectivity index (χ4v) is 3.14. The van der Waals surface area contributed by atoms with Gasteiger partial charge in [0.1, 0.15) is 0 Å². The molecule has 3 rings (SSSR count). The van der Waals surface area contributed by atoms with Gasteiger partial charge in [-0.2, -0.15) is 5.10 Å². The number of hydrogen-bond donors (Lipinski definition) is 1. The third-order valence-electron chi connectivity index (χ3n) is 3.84. The Hall–Kier alpha value is -1.55. The van der Waals surface area contributed by atoms with E-state index in [4.69, 9.17) is 11.6 Å². The molecule has 1 amide bonds. The molecule has 5 heteroatoms. The Bertz CT molecular complexity index is 595. The Morgan fingerprint density at radius 1 is 1.47 bits per heavy atom. The second-order valence-electron chi connectivity index (χ2n) is 5.01. The molecule has 1 aliphatic carbocycles. The predicted octanol–water partition coefficient (Wildman–Crippen LogP) is 2.47. The maximum atomic E-state index is 12.3. The zero-order valence-electron chi connectivity index (χ0n) is 10.6. The van der Waals surface area contributed by atoms with E-state index in [0.717, 1.165) is 24.8 Å². The second-order valence-corrected chi connectivity index (χ2v) is 5.32. The van der Waals surface area contributed by atoms with Crippen LogP contribution in [-0.2, 0) is 0 Å². The van der Waals surface area contributed by atoms with E-state index in [1.807, 2.05) is 24.4 Å². The maximum absolute atomic E-state index is 12.3. The number of carbonyl (C=O) groups is 1. The van der Waals surface area contributed by atoms with Crippen LogP contribution in [-0.4, -0.2) is 27.4 Å². The molecule has 4 nitrogen and oxygen atoms in total. The first-order valence-corrected chi connectivity index (χ1v) is 7.12. The molecule has 0 radical (unpaired) electrons. The van der Waals surface area contributed by atoms with Crippen LogP contribution in [0.1, 0.15) is 29.6 Å². The summed E-state index contributed by atoms with van der Waals surface area (Å²) in [6.07, 6.45) is 6.71. The summed E-state index contributed by atoms with van der Waals surface area (Å²) in [6.45, 7) is 0. The van der Waals surface area contributed by atoms with Gasteiger partial charge in [0.25, 0.3) is 5.91 Å². The lowest BCUT2D eigenvalue weighted by Crippen LogP contribution is -2.37. The Kier molecular flexibility index (Phi) is 3.42. The molecule has 2 unspecified atom stereocenters. The van der Waals surface area contributed by atoms with Crippen LogP contribution >= 0.6 is 11.6 Å². The Morgan fingerprint density at radius 3 is 3.21 bits per heavy atom. The first-order valence-electron chi connectivity index (χ1n) is 6.59. The van der Waals surface area contributed by atoms with Crippen molar-refractivity contribution in [3.8, 4) is 0 Å². The molecule has 1 aliphatic rings. The van der Waals surface area contributed by atoms with Crippen molar-refractivity contribution >= 4 is 23.0 Å². The van der Waals surface area contributed by atoms with Crippen LogP contribution in [0.3, 0.4) is 0 Å². The molecule has 19 heavy (non-hydrogen) atoms. The summed E-state index contributed by atoms with van der Waals surface area (Å²) in [5, 5.41) is 7.28. The summed E-state index contributed by atoms with van der Waals surface area (Å²) in [5.41, 5.74) is 1.46. The van der Waals surface area contributed by atoms with Crippen molar-refractivity contribution in [2.45, 2.75) is 25.3 Å². The van der Waals surface area contributed by atoms with E-state index in [0.29, 0.717) is 17.4 Å². The van der Waals surface area contributed by atoms with E-state index in [1.54, 1.807) is 10.7 Å². The number of halogens is 1. The van der Waals surface area contributed by atoms with Gasteiger partial charge in [0.15, 0.2) is 0 Å². The van der Waals surface area contributed by atoms with Crippen molar-refractivity contribution in [1.82, 2.24) is 14.9 Å². The minimum absolute atomic E-state index is 0.0526. The molecular weight excluding hydrogens is 262 g/mol. The molecule has 1 saturated carbocycles. The molecule has 2 atom stereocenters. The molecule has 2 heterocycles. The van der Waals surface area contributed by atoms with Crippen LogP contribution in [0.5, 0.6) is 0 Å². The van der Waals surface area contributed by atoms with Gasteiger partial charge in [0.2, 0.25) is 0 Å². The number of pyridine rings is 1. The van der Waals surface area contributed by atoms with E-state index < -0.39 is 0 Å². The summed E-state index contributed by atoms with van der Waals surface area (Å²) in [5.74, 6) is 0.954. The number of aromatic nitrogens is 2. The Balaban J connectivity index is 1.80. The largest absolute Gasteiger partial charge is 0.349 e. The van der Waals surface area contributed by atoms with Gasteiger partial charge in [-0.15, -0.1) is 11.6 Å². The van der Waals surface area contributed by atoms with Crippen molar-refractivity contribution in [1.29, 1.82) is 0 Å². The molecular formula is C14H16ClN3O. The van der Waals surface area contributed by atoms with Crippen molar-refractivity contribution in [2.24, 2.45) is 5.92 Å². The van der Waals surface area contributed by atoms with Gasteiger partial charge in [-0.25, -0.2) is 4.52 Å². The third kappa shape index (κ3) is 2.32. The van der Waals surface area contributed by atoms with Crippen LogP contribution < -0.4 is 5.32 Å². The van der Waals surface area contributed by atoms with Crippen LogP contribution in [0.4, 0.5) is 0 Å². The summed E-state index contributed by atoms with van der Waals surface area (Å²) < 4.78 is 1.71. The van der Waals surface area contributed by atoms with Gasteiger partial charge in [-0.3, -0.25) is 4.79 Å². The number of hydrogen-bond acceptors (Lipinski definition) is 2. The third-order valence-corrected chi connectivity index (χ3v) is 4.24. The van der Waals surface area contributed by atoms with Gasteiger partial charge in [0.05, 0.1) is 17.3 Å². The molecule has 1 N–H and O–H groups in total. The SMILES string of the molecule is O=C(NC1CCCC1CCl)c1cnn2ccccc12. The van der Waals surface area contributed by atoms with Crippen LogP contribution in [0.25, 0.3) is 5.52 Å². The van der Waals surface area contributed by atoms with Gasteiger partial charge >= 0.3 is 0 Å². The topological polar surface area (TPSA) is 46.4 Å². The molecule has 0 saturated heterocycles. The standard InChI is InChI=1S/C14H16ClN3O/c15-8-10-4-3-5-12(10)17-14(19)11-9-16-18-7-2-1-6-13(11)18/h1-2,6-7,9-10,12H,3-5,8H2,(H,17,19). The molecule has 0 bridgehead atoms. The van der Waals surface area contributed by atoms with E-state index in [-0.39, 0.29) is 11.9 Å². The number of fused-ring (bicyclic) bond motifs is 1. The molecule has 100 valence electrons. The van der Waals surface area contributed by atoms with Crippen LogP contribution in [0.15, 0.2) is 30.6 Å². The van der Waals surface area contributed by atoms with Crippen LogP contribution in [0, 0.1) is 5.92 Å². The number of amides is 1. The quantitative estimate of drug-likeness (QED) is 0.876. The van der Waals surface area contributed by atoms with Crippen molar-refractivity contribution < 1.29 is 4.79 Å². The van der Waals surface area contributed by atoms with Crippen LogP contribution in [0.2, 0.25) is 0 Å². The predicted molar refractivity (Wildman–Crippen MR) is 74.5 cm³/mol. The number of nitrogens with one attached hydrogen (secondary N) is 1. The highest BCUT2D eigenvalue weighted by molar-refractivity contribution is 6.18. The molecule has 0 aliphatic heterocycles. The lowest BCUT2D eigenvalue weighted by molar-refractivity contribution is 0.0931. The van der Waals surface area contributed by atoms with Gasteiger partial charge in [0, 0.05) is 18.1 Å². The zero-order valence-corrected chi connectivity index (χ0v) is 11.3. The van der Waals surface area contributed by atoms with E-state index in [9.17, 15) is 4.79 Å². The average Bonchev–Trinajstić information content (AvgIpc) is 3.04. The highest BCUT2D eigenvalue weighted by atomic mass is 35.5. The van der Waals surface area contributed by atoms with E-state index in [1.165, 1.54) is 0 Å². The average molecular weight is 278 g/mol. The Labute approximate surface area is 116 Å². The fourth-order valence-electron chi connectivity index (χ4n) is 2.77. The lowest BCUT2D eigenvalue weighted by atomic mass is 10.1. The van der Waals surface area contributed by atoms with E-state index >= 15 is 0 Å². The summed E-state index contributed by atoms with van der Waals surface area (Å²) in [7, 11) is 0.